The van der Waals surface area contributed by atoms with Crippen LogP contribution in [0.15, 0.2) is 18.2 Å². The van der Waals surface area contributed by atoms with Crippen LogP contribution in [0.25, 0.3) is 0 Å². The first kappa shape index (κ1) is 13.2. The third-order valence-electron chi connectivity index (χ3n) is 2.93. The number of nitrogens with one attached hydrogen (secondary N) is 1. The van der Waals surface area contributed by atoms with Gasteiger partial charge in [0, 0.05) is 25.1 Å². The molecule has 1 aromatic rings. The zero-order valence-corrected chi connectivity index (χ0v) is 10.8. The molecule has 1 aromatic carbocycles. The van der Waals surface area contributed by atoms with Crippen LogP contribution in [-0.4, -0.2) is 18.3 Å². The number of hydrogen-bond acceptors (Lipinski definition) is 2. The van der Waals surface area contributed by atoms with Gasteiger partial charge < -0.3 is 10.4 Å². The largest absolute Gasteiger partial charge is 0.396 e. The van der Waals surface area contributed by atoms with Gasteiger partial charge in [0.15, 0.2) is 0 Å². The zero-order chi connectivity index (χ0) is 12.2. The van der Waals surface area contributed by atoms with Gasteiger partial charge >= 0.3 is 0 Å². The van der Waals surface area contributed by atoms with Crippen LogP contribution < -0.4 is 5.32 Å². The maximum atomic E-state index is 9.13. The van der Waals surface area contributed by atoms with Crippen molar-refractivity contribution in [3.8, 4) is 0 Å². The maximum Gasteiger partial charge on any atom is 0.0494 e. The molecule has 0 bridgehead atoms. The molecule has 2 N–H and O–H groups in total. The van der Waals surface area contributed by atoms with Gasteiger partial charge in [0.1, 0.15) is 0 Å². The number of benzene rings is 1. The summed E-state index contributed by atoms with van der Waals surface area (Å²) in [6.07, 6.45) is 0. The molecule has 16 heavy (non-hydrogen) atoms. The van der Waals surface area contributed by atoms with Crippen LogP contribution in [0.5, 0.6) is 0 Å². The fraction of sp³-hybridized carbons (Fsp3) is 0.571. The first-order valence-electron chi connectivity index (χ1n) is 5.82. The third-order valence-corrected chi connectivity index (χ3v) is 2.93. The lowest BCUT2D eigenvalue weighted by molar-refractivity contribution is 0.156. The third kappa shape index (κ3) is 3.95. The predicted octanol–water partition coefficient (Wildman–Crippen LogP) is 2.41. The summed E-state index contributed by atoms with van der Waals surface area (Å²) in [6, 6.07) is 6.53. The highest BCUT2D eigenvalue weighted by Crippen LogP contribution is 2.13. The van der Waals surface area contributed by atoms with Crippen molar-refractivity contribution in [3.05, 3.63) is 34.9 Å². The summed E-state index contributed by atoms with van der Waals surface area (Å²) in [6.45, 7) is 10.3. The van der Waals surface area contributed by atoms with Gasteiger partial charge in [-0.05, 0) is 30.5 Å². The molecule has 0 aliphatic carbocycles. The van der Waals surface area contributed by atoms with Gasteiger partial charge in [-0.3, -0.25) is 0 Å². The monoisotopic (exact) mass is 221 g/mol. The molecule has 0 aliphatic heterocycles. The summed E-state index contributed by atoms with van der Waals surface area (Å²) in [7, 11) is 0. The van der Waals surface area contributed by atoms with Crippen molar-refractivity contribution in [2.45, 2.75) is 34.2 Å². The van der Waals surface area contributed by atoms with Crippen molar-refractivity contribution in [3.63, 3.8) is 0 Å². The second kappa shape index (κ2) is 5.46. The second-order valence-corrected chi connectivity index (χ2v) is 5.34. The topological polar surface area (TPSA) is 32.3 Å². The van der Waals surface area contributed by atoms with Crippen molar-refractivity contribution >= 4 is 0 Å². The molecule has 2 nitrogen and oxygen atoms in total. The molecule has 0 aliphatic rings. The Kier molecular flexibility index (Phi) is 4.51. The van der Waals surface area contributed by atoms with Crippen molar-refractivity contribution in [2.24, 2.45) is 5.41 Å². The Labute approximate surface area is 98.7 Å². The molecule has 0 heterocycles. The summed E-state index contributed by atoms with van der Waals surface area (Å²) in [5.74, 6) is 0. The minimum Gasteiger partial charge on any atom is -0.396 e. The molecule has 0 aromatic heterocycles. The Balaban J connectivity index is 2.46. The predicted molar refractivity (Wildman–Crippen MR) is 68.5 cm³/mol. The summed E-state index contributed by atoms with van der Waals surface area (Å²) in [5, 5.41) is 12.5. The Morgan fingerprint density at radius 1 is 1.19 bits per heavy atom. The molecule has 0 atom stereocenters. The lowest BCUT2D eigenvalue weighted by Crippen LogP contribution is -2.31. The van der Waals surface area contributed by atoms with Crippen LogP contribution in [-0.2, 0) is 6.54 Å². The molecule has 1 rings (SSSR count). The molecule has 0 radical (unpaired) electrons. The maximum absolute atomic E-state index is 9.13. The van der Waals surface area contributed by atoms with Gasteiger partial charge in [0.25, 0.3) is 0 Å². The average Bonchev–Trinajstić information content (AvgIpc) is 2.23. The van der Waals surface area contributed by atoms with Gasteiger partial charge in [-0.2, -0.15) is 0 Å². The Morgan fingerprint density at radius 2 is 1.88 bits per heavy atom. The molecule has 0 unspecified atom stereocenters. The molecular formula is C14H23NO. The molecule has 0 fully saturated rings. The van der Waals surface area contributed by atoms with E-state index in [9.17, 15) is 0 Å². The molecule has 90 valence electrons. The van der Waals surface area contributed by atoms with Crippen LogP contribution in [0.1, 0.15) is 30.5 Å². The van der Waals surface area contributed by atoms with Gasteiger partial charge in [-0.25, -0.2) is 0 Å². The van der Waals surface area contributed by atoms with E-state index >= 15 is 0 Å². The van der Waals surface area contributed by atoms with Gasteiger partial charge in [-0.1, -0.05) is 32.0 Å². The Hall–Kier alpha value is -0.860. The van der Waals surface area contributed by atoms with E-state index < -0.39 is 0 Å². The normalized spacial score (nSPS) is 11.8. The van der Waals surface area contributed by atoms with Crippen LogP contribution in [0.4, 0.5) is 0 Å². The van der Waals surface area contributed by atoms with Crippen molar-refractivity contribution in [1.82, 2.24) is 5.32 Å². The van der Waals surface area contributed by atoms with E-state index in [1.54, 1.807) is 0 Å². The van der Waals surface area contributed by atoms with Gasteiger partial charge in [0.2, 0.25) is 0 Å². The highest BCUT2D eigenvalue weighted by Gasteiger charge is 2.15. The SMILES string of the molecule is Cc1ccc(CNCC(C)(C)CO)cc1C. The van der Waals surface area contributed by atoms with Gasteiger partial charge in [-0.15, -0.1) is 0 Å². The van der Waals surface area contributed by atoms with Crippen LogP contribution in [0, 0.1) is 19.3 Å². The van der Waals surface area contributed by atoms with E-state index in [1.165, 1.54) is 16.7 Å². The minimum atomic E-state index is -0.0419. The quantitative estimate of drug-likeness (QED) is 0.800. The molecule has 0 spiro atoms. The highest BCUT2D eigenvalue weighted by molar-refractivity contribution is 5.29. The number of rotatable bonds is 5. The van der Waals surface area contributed by atoms with E-state index in [4.69, 9.17) is 5.11 Å². The van der Waals surface area contributed by atoms with Gasteiger partial charge in [0.05, 0.1) is 0 Å². The lowest BCUT2D eigenvalue weighted by Gasteiger charge is -2.22. The average molecular weight is 221 g/mol. The molecule has 2 heteroatoms. The number of hydrogen-bond donors (Lipinski definition) is 2. The van der Waals surface area contributed by atoms with E-state index in [0.29, 0.717) is 0 Å². The molecule has 0 amide bonds. The molecule has 0 saturated carbocycles. The van der Waals surface area contributed by atoms with Crippen LogP contribution in [0.3, 0.4) is 0 Å². The second-order valence-electron chi connectivity index (χ2n) is 5.34. The molecular weight excluding hydrogens is 198 g/mol. The van der Waals surface area contributed by atoms with E-state index in [-0.39, 0.29) is 12.0 Å². The highest BCUT2D eigenvalue weighted by atomic mass is 16.3. The molecule has 0 saturated heterocycles. The smallest absolute Gasteiger partial charge is 0.0494 e. The number of aliphatic hydroxyl groups excluding tert-OH is 1. The van der Waals surface area contributed by atoms with Crippen molar-refractivity contribution < 1.29 is 5.11 Å². The number of aliphatic hydroxyl groups is 1. The standard InChI is InChI=1S/C14H23NO/c1-11-5-6-13(7-12(11)2)8-15-9-14(3,4)10-16/h5-7,15-16H,8-10H2,1-4H3. The fourth-order valence-corrected chi connectivity index (χ4v) is 1.51. The summed E-state index contributed by atoms with van der Waals surface area (Å²) in [5.41, 5.74) is 3.93. The Bertz CT molecular complexity index is 345. The van der Waals surface area contributed by atoms with Crippen LogP contribution in [0.2, 0.25) is 0 Å². The Morgan fingerprint density at radius 3 is 2.44 bits per heavy atom. The summed E-state index contributed by atoms with van der Waals surface area (Å²) >= 11 is 0. The first-order chi connectivity index (χ1) is 7.44. The zero-order valence-electron chi connectivity index (χ0n) is 10.8. The first-order valence-corrected chi connectivity index (χ1v) is 5.82. The summed E-state index contributed by atoms with van der Waals surface area (Å²) in [4.78, 5) is 0. The number of aryl methyl sites for hydroxylation is 2. The van der Waals surface area contributed by atoms with Crippen molar-refractivity contribution in [1.29, 1.82) is 0 Å². The van der Waals surface area contributed by atoms with E-state index in [2.05, 4.69) is 51.2 Å². The van der Waals surface area contributed by atoms with E-state index in [0.717, 1.165) is 13.1 Å². The lowest BCUT2D eigenvalue weighted by atomic mass is 9.95. The fourth-order valence-electron chi connectivity index (χ4n) is 1.51. The van der Waals surface area contributed by atoms with Crippen molar-refractivity contribution in [2.75, 3.05) is 13.2 Å². The van der Waals surface area contributed by atoms with E-state index in [1.807, 2.05) is 0 Å². The minimum absolute atomic E-state index is 0.0419. The summed E-state index contributed by atoms with van der Waals surface area (Å²) < 4.78 is 0. The van der Waals surface area contributed by atoms with Crippen LogP contribution >= 0.6 is 0 Å².